The highest BCUT2D eigenvalue weighted by Gasteiger charge is 2.37. The Bertz CT molecular complexity index is 938. The van der Waals surface area contributed by atoms with Gasteiger partial charge in [-0.2, -0.15) is 0 Å². The molecular weight excluding hydrogens is 387 g/mol. The number of para-hydroxylation sites is 2. The molecule has 1 aliphatic rings. The number of hydrogen-bond donors (Lipinski definition) is 1. The fraction of sp³-hybridized carbons (Fsp3) is 0.348. The van der Waals surface area contributed by atoms with Crippen molar-refractivity contribution >= 4 is 29.2 Å². The van der Waals surface area contributed by atoms with Crippen molar-refractivity contribution in [3.05, 3.63) is 59.4 Å². The van der Waals surface area contributed by atoms with Crippen molar-refractivity contribution in [3.8, 4) is 0 Å². The van der Waals surface area contributed by atoms with E-state index in [9.17, 15) is 18.8 Å². The van der Waals surface area contributed by atoms with Crippen molar-refractivity contribution in [2.45, 2.75) is 33.1 Å². The lowest BCUT2D eigenvalue weighted by Crippen LogP contribution is -2.28. The normalized spacial score (nSPS) is 15.9. The van der Waals surface area contributed by atoms with Crippen LogP contribution >= 0.6 is 0 Å². The number of carbonyl (C=O) groups excluding carboxylic acids is 3. The maximum absolute atomic E-state index is 14.0. The Hall–Kier alpha value is -3.22. The molecule has 0 bridgehead atoms. The monoisotopic (exact) mass is 412 g/mol. The highest BCUT2D eigenvalue weighted by atomic mass is 19.1. The quantitative estimate of drug-likeness (QED) is 0.707. The summed E-state index contributed by atoms with van der Waals surface area (Å²) in [6.45, 7) is 3.59. The van der Waals surface area contributed by atoms with Gasteiger partial charge in [-0.25, -0.2) is 4.39 Å². The lowest BCUT2D eigenvalue weighted by atomic mass is 10.0. The van der Waals surface area contributed by atoms with Crippen molar-refractivity contribution in [2.75, 3.05) is 23.4 Å². The second-order valence-electron chi connectivity index (χ2n) is 7.17. The number of nitrogens with zero attached hydrogens (tertiary/aromatic N) is 1. The van der Waals surface area contributed by atoms with Gasteiger partial charge in [-0.3, -0.25) is 14.4 Å². The third-order valence-electron chi connectivity index (χ3n) is 5.21. The van der Waals surface area contributed by atoms with E-state index in [4.69, 9.17) is 4.74 Å². The van der Waals surface area contributed by atoms with E-state index >= 15 is 0 Å². The lowest BCUT2D eigenvalue weighted by molar-refractivity contribution is -0.151. The zero-order chi connectivity index (χ0) is 21.7. The number of amides is 2. The van der Waals surface area contributed by atoms with E-state index in [1.54, 1.807) is 6.07 Å². The fourth-order valence-corrected chi connectivity index (χ4v) is 3.60. The molecule has 7 heteroatoms. The van der Waals surface area contributed by atoms with Crippen LogP contribution in [-0.2, 0) is 32.0 Å². The van der Waals surface area contributed by atoms with Crippen LogP contribution in [0.1, 0.15) is 31.4 Å². The Kier molecular flexibility index (Phi) is 6.82. The van der Waals surface area contributed by atoms with Crippen LogP contribution in [0.4, 0.5) is 15.8 Å². The van der Waals surface area contributed by atoms with Crippen LogP contribution in [0.15, 0.2) is 42.5 Å². The van der Waals surface area contributed by atoms with Crippen LogP contribution in [0.25, 0.3) is 0 Å². The van der Waals surface area contributed by atoms with E-state index in [-0.39, 0.29) is 24.6 Å². The Morgan fingerprint density at radius 1 is 1.10 bits per heavy atom. The van der Waals surface area contributed by atoms with Gasteiger partial charge >= 0.3 is 5.97 Å². The van der Waals surface area contributed by atoms with Crippen molar-refractivity contribution in [1.82, 2.24) is 0 Å². The maximum Gasteiger partial charge on any atom is 0.311 e. The van der Waals surface area contributed by atoms with Gasteiger partial charge < -0.3 is 15.0 Å². The first-order valence-electron chi connectivity index (χ1n) is 10.1. The number of esters is 1. The number of benzene rings is 2. The van der Waals surface area contributed by atoms with Crippen LogP contribution in [0.3, 0.4) is 0 Å². The van der Waals surface area contributed by atoms with E-state index in [0.717, 1.165) is 29.7 Å². The van der Waals surface area contributed by atoms with Crippen molar-refractivity contribution in [3.63, 3.8) is 0 Å². The third kappa shape index (κ3) is 4.67. The number of rotatable bonds is 7. The van der Waals surface area contributed by atoms with Gasteiger partial charge in [0, 0.05) is 18.7 Å². The van der Waals surface area contributed by atoms with E-state index in [1.165, 1.54) is 23.1 Å². The molecule has 0 aliphatic carbocycles. The first-order chi connectivity index (χ1) is 14.4. The third-order valence-corrected chi connectivity index (χ3v) is 5.21. The van der Waals surface area contributed by atoms with E-state index < -0.39 is 30.2 Å². The van der Waals surface area contributed by atoms with E-state index in [1.807, 2.05) is 32.0 Å². The molecular formula is C23H25FN2O4. The summed E-state index contributed by atoms with van der Waals surface area (Å²) >= 11 is 0. The van der Waals surface area contributed by atoms with Gasteiger partial charge in [0.05, 0.1) is 11.6 Å². The topological polar surface area (TPSA) is 75.7 Å². The van der Waals surface area contributed by atoms with Gasteiger partial charge in [0.25, 0.3) is 5.91 Å². The summed E-state index contributed by atoms with van der Waals surface area (Å²) < 4.78 is 19.1. The van der Waals surface area contributed by atoms with Crippen LogP contribution in [0.2, 0.25) is 0 Å². The number of nitrogens with one attached hydrogen (secondary N) is 1. The van der Waals surface area contributed by atoms with Gasteiger partial charge in [0.2, 0.25) is 5.91 Å². The maximum atomic E-state index is 14.0. The average molecular weight is 412 g/mol. The van der Waals surface area contributed by atoms with Gasteiger partial charge in [0.15, 0.2) is 6.61 Å². The number of aryl methyl sites for hydroxylation is 2. The standard InChI is InChI=1S/C23H25FN2O4/c1-3-15-8-7-9-16(4-2)22(15)25-20(27)14-30-23(29)17-12-21(28)26(13-17)19-11-6-5-10-18(19)24/h5-11,17H,3-4,12-14H2,1-2H3,(H,25,27)/t17-/m0/s1. The number of hydrogen-bond acceptors (Lipinski definition) is 4. The molecule has 0 unspecified atom stereocenters. The number of carbonyl (C=O) groups is 3. The van der Waals surface area contributed by atoms with Crippen molar-refractivity contribution < 1.29 is 23.5 Å². The minimum atomic E-state index is -0.737. The van der Waals surface area contributed by atoms with Gasteiger partial charge in [-0.15, -0.1) is 0 Å². The highest BCUT2D eigenvalue weighted by Crippen LogP contribution is 2.28. The minimum absolute atomic E-state index is 0.0267. The Labute approximate surface area is 175 Å². The molecule has 1 atom stereocenters. The van der Waals surface area contributed by atoms with Crippen LogP contribution in [0.5, 0.6) is 0 Å². The molecule has 1 N–H and O–H groups in total. The summed E-state index contributed by atoms with van der Waals surface area (Å²) in [5.41, 5.74) is 2.91. The average Bonchev–Trinajstić information content (AvgIpc) is 3.14. The molecule has 1 heterocycles. The molecule has 3 rings (SSSR count). The summed E-state index contributed by atoms with van der Waals surface area (Å²) in [4.78, 5) is 38.2. The first-order valence-corrected chi connectivity index (χ1v) is 10.1. The van der Waals surface area contributed by atoms with Crippen LogP contribution in [0, 0.1) is 11.7 Å². The molecule has 2 aromatic carbocycles. The molecule has 30 heavy (non-hydrogen) atoms. The largest absolute Gasteiger partial charge is 0.455 e. The number of ether oxygens (including phenoxy) is 1. The Morgan fingerprint density at radius 3 is 2.40 bits per heavy atom. The molecule has 0 radical (unpaired) electrons. The van der Waals surface area contributed by atoms with Crippen molar-refractivity contribution in [2.24, 2.45) is 5.92 Å². The molecule has 2 aromatic rings. The van der Waals surface area contributed by atoms with Gasteiger partial charge in [0.1, 0.15) is 5.82 Å². The zero-order valence-electron chi connectivity index (χ0n) is 17.1. The van der Waals surface area contributed by atoms with Gasteiger partial charge in [-0.1, -0.05) is 44.2 Å². The zero-order valence-corrected chi connectivity index (χ0v) is 17.1. The van der Waals surface area contributed by atoms with Crippen molar-refractivity contribution in [1.29, 1.82) is 0 Å². The van der Waals surface area contributed by atoms with E-state index in [2.05, 4.69) is 5.32 Å². The predicted octanol–water partition coefficient (Wildman–Crippen LogP) is 3.49. The van der Waals surface area contributed by atoms with Crippen LogP contribution < -0.4 is 10.2 Å². The molecule has 1 saturated heterocycles. The SMILES string of the molecule is CCc1cccc(CC)c1NC(=O)COC(=O)[C@H]1CC(=O)N(c2ccccc2F)C1. The summed E-state index contributed by atoms with van der Waals surface area (Å²) in [5, 5.41) is 2.83. The molecule has 1 fully saturated rings. The highest BCUT2D eigenvalue weighted by molar-refractivity contribution is 6.00. The summed E-state index contributed by atoms with van der Waals surface area (Å²) in [7, 11) is 0. The van der Waals surface area contributed by atoms with Gasteiger partial charge in [-0.05, 0) is 36.1 Å². The molecule has 2 amide bonds. The second-order valence-corrected chi connectivity index (χ2v) is 7.17. The molecule has 0 aromatic heterocycles. The smallest absolute Gasteiger partial charge is 0.311 e. The number of anilines is 2. The minimum Gasteiger partial charge on any atom is -0.455 e. The summed E-state index contributed by atoms with van der Waals surface area (Å²) in [6, 6.07) is 11.8. The summed E-state index contributed by atoms with van der Waals surface area (Å²) in [5.74, 6) is -2.69. The fourth-order valence-electron chi connectivity index (χ4n) is 3.60. The lowest BCUT2D eigenvalue weighted by Gasteiger charge is -2.17. The molecule has 1 aliphatic heterocycles. The molecule has 0 saturated carbocycles. The Morgan fingerprint density at radius 2 is 1.77 bits per heavy atom. The second kappa shape index (κ2) is 9.52. The van der Waals surface area contributed by atoms with E-state index in [0.29, 0.717) is 0 Å². The number of halogens is 1. The molecule has 0 spiro atoms. The first kappa shape index (κ1) is 21.5. The van der Waals surface area contributed by atoms with Crippen LogP contribution in [-0.4, -0.2) is 30.9 Å². The Balaban J connectivity index is 1.58. The summed E-state index contributed by atoms with van der Waals surface area (Å²) in [6.07, 6.45) is 1.45. The predicted molar refractivity (Wildman–Crippen MR) is 112 cm³/mol. The molecule has 6 nitrogen and oxygen atoms in total. The molecule has 158 valence electrons.